The quantitative estimate of drug-likeness (QED) is 0.238. The maximum Gasteiger partial charge on any atom is 0.392 e. The van der Waals surface area contributed by atoms with E-state index < -0.39 is 86.0 Å². The van der Waals surface area contributed by atoms with Crippen LogP contribution in [0.2, 0.25) is 0 Å². The summed E-state index contributed by atoms with van der Waals surface area (Å²) in [5.74, 6) is -7.15. The van der Waals surface area contributed by atoms with Crippen LogP contribution in [-0.2, 0) is 4.79 Å². The van der Waals surface area contributed by atoms with Gasteiger partial charge in [-0.1, -0.05) is 6.92 Å². The van der Waals surface area contributed by atoms with Crippen molar-refractivity contribution in [3.05, 3.63) is 41.5 Å². The van der Waals surface area contributed by atoms with Crippen LogP contribution < -0.4 is 15.4 Å². The van der Waals surface area contributed by atoms with Crippen LogP contribution in [0.5, 0.6) is 5.88 Å². The van der Waals surface area contributed by atoms with E-state index in [2.05, 4.69) is 25.9 Å². The molecule has 0 radical (unpaired) electrons. The van der Waals surface area contributed by atoms with Crippen LogP contribution in [0.3, 0.4) is 0 Å². The number of nitrogens with one attached hydrogen (secondary N) is 2. The van der Waals surface area contributed by atoms with Crippen LogP contribution in [0, 0.1) is 17.8 Å². The smallest absolute Gasteiger partial charge is 0.392 e. The van der Waals surface area contributed by atoms with Crippen molar-refractivity contribution in [3.8, 4) is 5.88 Å². The van der Waals surface area contributed by atoms with Crippen molar-refractivity contribution in [3.63, 3.8) is 0 Å². The number of hydrogen-bond donors (Lipinski definition) is 2. The molecular weight excluding hydrogens is 617 g/mol. The van der Waals surface area contributed by atoms with Gasteiger partial charge in [0.2, 0.25) is 11.8 Å². The van der Waals surface area contributed by atoms with Gasteiger partial charge >= 0.3 is 6.18 Å². The fourth-order valence-electron chi connectivity index (χ4n) is 5.43. The minimum Gasteiger partial charge on any atom is -0.469 e. The van der Waals surface area contributed by atoms with Gasteiger partial charge in [-0.25, -0.2) is 27.1 Å². The number of halogens is 7. The Bertz CT molecular complexity index is 1500. The lowest BCUT2D eigenvalue weighted by Crippen LogP contribution is -2.37. The lowest BCUT2D eigenvalue weighted by atomic mass is 9.81. The highest BCUT2D eigenvalue weighted by atomic mass is 19.4. The SMILES string of the molecule is C[C@H](CC(=O)N[C@@H](c1cnn2cc([C@@H](NC(=O)c3conc3OCC(F)F)C3CCC(F)(F)CC3)nc2c1)C1CC1)C(F)(F)F. The van der Waals surface area contributed by atoms with Crippen molar-refractivity contribution in [2.24, 2.45) is 17.8 Å². The fourth-order valence-corrected chi connectivity index (χ4v) is 5.43. The molecule has 3 aromatic heterocycles. The third-order valence-corrected chi connectivity index (χ3v) is 8.14. The highest BCUT2D eigenvalue weighted by molar-refractivity contribution is 5.96. The second-order valence-electron chi connectivity index (χ2n) is 11.7. The number of carbonyl (C=O) groups is 2. The van der Waals surface area contributed by atoms with Crippen molar-refractivity contribution in [1.82, 2.24) is 30.4 Å². The Morgan fingerprint density at radius 3 is 2.44 bits per heavy atom. The summed E-state index contributed by atoms with van der Waals surface area (Å²) in [6, 6.07) is 0.128. The Kier molecular flexibility index (Phi) is 9.26. The molecule has 0 spiro atoms. The van der Waals surface area contributed by atoms with Crippen LogP contribution in [0.15, 0.2) is 29.2 Å². The molecule has 2 N–H and O–H groups in total. The molecule has 2 fully saturated rings. The number of aromatic nitrogens is 4. The zero-order chi connectivity index (χ0) is 32.5. The molecule has 2 amide bonds. The van der Waals surface area contributed by atoms with Gasteiger partial charge in [-0.05, 0) is 54.3 Å². The van der Waals surface area contributed by atoms with E-state index in [-0.39, 0.29) is 35.7 Å². The zero-order valence-corrected chi connectivity index (χ0v) is 24.0. The molecule has 10 nitrogen and oxygen atoms in total. The van der Waals surface area contributed by atoms with Gasteiger partial charge in [-0.15, -0.1) is 0 Å². The van der Waals surface area contributed by atoms with E-state index in [1.807, 2.05) is 0 Å². The summed E-state index contributed by atoms with van der Waals surface area (Å²) in [5, 5.41) is 13.2. The Balaban J connectivity index is 1.39. The Morgan fingerprint density at radius 2 is 1.80 bits per heavy atom. The third kappa shape index (κ3) is 8.03. The molecule has 3 heterocycles. The molecule has 2 saturated carbocycles. The predicted molar refractivity (Wildman–Crippen MR) is 142 cm³/mol. The molecule has 5 rings (SSSR count). The van der Waals surface area contributed by atoms with Crippen LogP contribution in [0.25, 0.3) is 5.65 Å². The maximum absolute atomic E-state index is 14.0. The van der Waals surface area contributed by atoms with Crippen molar-refractivity contribution in [2.45, 2.75) is 82.5 Å². The highest BCUT2D eigenvalue weighted by Crippen LogP contribution is 2.43. The number of rotatable bonds is 12. The Hall–Kier alpha value is -3.92. The van der Waals surface area contributed by atoms with Gasteiger partial charge in [0.15, 0.2) is 12.3 Å². The standard InChI is InChI=1S/C28H31F7N6O4/c1-14(28(33,34)35)8-22(42)38-23(15-2-3-15)17-9-21-37-19(11-41(21)36-10-17)24(16-4-6-27(31,32)7-5-16)39-25(43)18-12-45-40-26(18)44-13-20(29)30/h9-12,14-16,20,23-24H,2-8,13H2,1H3,(H,38,42)(H,39,43)/t14-,23-,24+/m1/s1. The first-order valence-electron chi connectivity index (χ1n) is 14.5. The minimum absolute atomic E-state index is 0.00910. The number of amides is 2. The van der Waals surface area contributed by atoms with Gasteiger partial charge in [-0.3, -0.25) is 9.59 Å². The predicted octanol–water partition coefficient (Wildman–Crippen LogP) is 5.81. The number of ether oxygens (including phenoxy) is 1. The van der Waals surface area contributed by atoms with E-state index in [4.69, 9.17) is 9.26 Å². The molecule has 0 unspecified atom stereocenters. The minimum atomic E-state index is -4.51. The van der Waals surface area contributed by atoms with E-state index in [0.29, 0.717) is 5.56 Å². The second-order valence-corrected chi connectivity index (χ2v) is 11.7. The lowest BCUT2D eigenvalue weighted by molar-refractivity contribution is -0.174. The number of carbonyl (C=O) groups excluding carboxylic acids is 2. The largest absolute Gasteiger partial charge is 0.469 e. The Labute approximate surface area is 252 Å². The van der Waals surface area contributed by atoms with Crippen LogP contribution >= 0.6 is 0 Å². The first-order valence-corrected chi connectivity index (χ1v) is 14.5. The van der Waals surface area contributed by atoms with E-state index in [9.17, 15) is 40.3 Å². The van der Waals surface area contributed by atoms with Gasteiger partial charge in [0, 0.05) is 19.3 Å². The van der Waals surface area contributed by atoms with Crippen LogP contribution in [-0.4, -0.2) is 56.7 Å². The van der Waals surface area contributed by atoms with Gasteiger partial charge in [0.1, 0.15) is 11.8 Å². The lowest BCUT2D eigenvalue weighted by Gasteiger charge is -2.33. The topological polar surface area (TPSA) is 124 Å². The summed E-state index contributed by atoms with van der Waals surface area (Å²) in [6.07, 6.45) is -3.37. The normalized spacial score (nSPS) is 19.3. The summed E-state index contributed by atoms with van der Waals surface area (Å²) >= 11 is 0. The molecule has 0 bridgehead atoms. The van der Waals surface area contributed by atoms with E-state index in [1.165, 1.54) is 16.9 Å². The molecule has 45 heavy (non-hydrogen) atoms. The van der Waals surface area contributed by atoms with Crippen molar-refractivity contribution in [1.29, 1.82) is 0 Å². The van der Waals surface area contributed by atoms with E-state index in [1.54, 1.807) is 6.07 Å². The summed E-state index contributed by atoms with van der Waals surface area (Å²) < 4.78 is 103. The molecule has 246 valence electrons. The van der Waals surface area contributed by atoms with Gasteiger partial charge < -0.3 is 19.9 Å². The Morgan fingerprint density at radius 1 is 1.11 bits per heavy atom. The van der Waals surface area contributed by atoms with Gasteiger partial charge in [0.05, 0.1) is 36.1 Å². The molecule has 3 aromatic rings. The fraction of sp³-hybridized carbons (Fsp3) is 0.607. The summed E-state index contributed by atoms with van der Waals surface area (Å²) in [4.78, 5) is 30.3. The molecule has 3 atom stereocenters. The first-order chi connectivity index (χ1) is 21.2. The third-order valence-electron chi connectivity index (χ3n) is 8.14. The number of imidazole rings is 1. The number of alkyl halides is 7. The van der Waals surface area contributed by atoms with E-state index in [0.717, 1.165) is 26.0 Å². The van der Waals surface area contributed by atoms with Crippen LogP contribution in [0.1, 0.15) is 85.6 Å². The molecule has 2 aliphatic rings. The molecule has 0 aromatic carbocycles. The number of hydrogen-bond acceptors (Lipinski definition) is 7. The second kappa shape index (κ2) is 12.8. The van der Waals surface area contributed by atoms with E-state index >= 15 is 0 Å². The summed E-state index contributed by atoms with van der Waals surface area (Å²) in [7, 11) is 0. The molecule has 17 heteroatoms. The van der Waals surface area contributed by atoms with Crippen molar-refractivity contribution >= 4 is 17.5 Å². The first kappa shape index (κ1) is 32.5. The maximum atomic E-state index is 14.0. The monoisotopic (exact) mass is 648 g/mol. The van der Waals surface area contributed by atoms with Crippen LogP contribution in [0.4, 0.5) is 30.7 Å². The zero-order valence-electron chi connectivity index (χ0n) is 24.0. The van der Waals surface area contributed by atoms with Crippen molar-refractivity contribution < 1.29 is 49.6 Å². The number of fused-ring (bicyclic) bond motifs is 1. The highest BCUT2D eigenvalue weighted by Gasteiger charge is 2.41. The average Bonchev–Trinajstić information content (AvgIpc) is 3.53. The average molecular weight is 649 g/mol. The van der Waals surface area contributed by atoms with Crippen molar-refractivity contribution in [2.75, 3.05) is 6.61 Å². The summed E-state index contributed by atoms with van der Waals surface area (Å²) in [5.41, 5.74) is 0.824. The molecular formula is C28H31F7N6O4. The number of nitrogens with zero attached hydrogens (tertiary/aromatic N) is 4. The van der Waals surface area contributed by atoms with Gasteiger partial charge in [-0.2, -0.15) is 18.3 Å². The van der Waals surface area contributed by atoms with Gasteiger partial charge in [0.25, 0.3) is 18.2 Å². The molecule has 0 aliphatic heterocycles. The molecule has 2 aliphatic carbocycles. The molecule has 0 saturated heterocycles. The summed E-state index contributed by atoms with van der Waals surface area (Å²) in [6.45, 7) is -0.0909.